The number of amides is 1. The molecule has 2 aliphatic rings. The van der Waals surface area contributed by atoms with Gasteiger partial charge in [-0.25, -0.2) is 0 Å². The fourth-order valence-electron chi connectivity index (χ4n) is 3.13. The Hall–Kier alpha value is -0.610. The number of carbonyl (C=O) groups excluding carboxylic acids is 1. The van der Waals surface area contributed by atoms with Crippen molar-refractivity contribution < 1.29 is 9.90 Å². The molecule has 0 radical (unpaired) electrons. The van der Waals surface area contributed by atoms with Crippen molar-refractivity contribution in [3.8, 4) is 0 Å². The third-order valence-corrected chi connectivity index (χ3v) is 4.42. The number of fused-ring (bicyclic) bond motifs is 1. The number of primary amides is 1. The van der Waals surface area contributed by atoms with E-state index in [4.69, 9.17) is 5.73 Å². The summed E-state index contributed by atoms with van der Waals surface area (Å²) in [4.78, 5) is 13.3. The van der Waals surface area contributed by atoms with Crippen LogP contribution in [0.25, 0.3) is 0 Å². The molecule has 1 aliphatic heterocycles. The van der Waals surface area contributed by atoms with Crippen molar-refractivity contribution in [2.45, 2.75) is 50.7 Å². The Morgan fingerprint density at radius 3 is 2.94 bits per heavy atom. The lowest BCUT2D eigenvalue weighted by molar-refractivity contribution is -0.130. The molecule has 0 aromatic heterocycles. The lowest BCUT2D eigenvalue weighted by atomic mass is 9.71. The average molecular weight is 226 g/mol. The number of nitrogens with two attached hydrogens (primary N) is 1. The summed E-state index contributed by atoms with van der Waals surface area (Å²) in [6.07, 6.45) is 5.13. The van der Waals surface area contributed by atoms with Gasteiger partial charge in [0.1, 0.15) is 0 Å². The minimum absolute atomic E-state index is 0.202. The van der Waals surface area contributed by atoms with Crippen LogP contribution in [0.3, 0.4) is 0 Å². The predicted octanol–water partition coefficient (Wildman–Crippen LogP) is 0.487. The van der Waals surface area contributed by atoms with Crippen LogP contribution in [0.2, 0.25) is 0 Å². The minimum atomic E-state index is -0.466. The van der Waals surface area contributed by atoms with Crippen LogP contribution in [-0.2, 0) is 4.79 Å². The first kappa shape index (κ1) is 11.9. The van der Waals surface area contributed by atoms with Crippen molar-refractivity contribution in [1.29, 1.82) is 0 Å². The van der Waals surface area contributed by atoms with Gasteiger partial charge in [0.15, 0.2) is 0 Å². The Balaban J connectivity index is 2.02. The minimum Gasteiger partial charge on any atom is -0.390 e. The molecule has 3 atom stereocenters. The monoisotopic (exact) mass is 226 g/mol. The van der Waals surface area contributed by atoms with E-state index in [9.17, 15) is 9.90 Å². The molecule has 4 nitrogen and oxygen atoms in total. The number of hydrogen-bond acceptors (Lipinski definition) is 3. The molecule has 92 valence electrons. The summed E-state index contributed by atoms with van der Waals surface area (Å²) in [5.74, 6) is 0.0676. The van der Waals surface area contributed by atoms with Gasteiger partial charge in [-0.05, 0) is 26.2 Å². The van der Waals surface area contributed by atoms with Crippen LogP contribution in [0.5, 0.6) is 0 Å². The fourth-order valence-corrected chi connectivity index (χ4v) is 3.13. The molecule has 3 unspecified atom stereocenters. The zero-order chi connectivity index (χ0) is 11.8. The quantitative estimate of drug-likeness (QED) is 0.720. The molecule has 0 bridgehead atoms. The van der Waals surface area contributed by atoms with Gasteiger partial charge in [0.25, 0.3) is 0 Å². The van der Waals surface area contributed by atoms with E-state index in [1.807, 2.05) is 6.92 Å². The van der Waals surface area contributed by atoms with Crippen molar-refractivity contribution in [1.82, 2.24) is 4.90 Å². The highest BCUT2D eigenvalue weighted by Gasteiger charge is 2.43. The average Bonchev–Trinajstić information content (AvgIpc) is 2.26. The van der Waals surface area contributed by atoms with E-state index in [1.165, 1.54) is 6.42 Å². The summed E-state index contributed by atoms with van der Waals surface area (Å²) in [7, 11) is 0. The van der Waals surface area contributed by atoms with E-state index in [-0.39, 0.29) is 11.9 Å². The molecule has 1 saturated carbocycles. The van der Waals surface area contributed by atoms with E-state index >= 15 is 0 Å². The Bertz CT molecular complexity index is 282. The summed E-state index contributed by atoms with van der Waals surface area (Å²) < 4.78 is 0. The largest absolute Gasteiger partial charge is 0.390 e. The second kappa shape index (κ2) is 4.34. The van der Waals surface area contributed by atoms with Crippen molar-refractivity contribution in [2.75, 3.05) is 13.1 Å². The molecule has 0 spiro atoms. The van der Waals surface area contributed by atoms with Crippen molar-refractivity contribution in [3.63, 3.8) is 0 Å². The van der Waals surface area contributed by atoms with Gasteiger partial charge in [-0.1, -0.05) is 12.8 Å². The first-order chi connectivity index (χ1) is 7.53. The third-order valence-electron chi connectivity index (χ3n) is 4.42. The van der Waals surface area contributed by atoms with Gasteiger partial charge in [-0.2, -0.15) is 0 Å². The van der Waals surface area contributed by atoms with E-state index in [0.29, 0.717) is 5.92 Å². The molecule has 4 heteroatoms. The number of hydrogen-bond donors (Lipinski definition) is 2. The van der Waals surface area contributed by atoms with Crippen LogP contribution in [-0.4, -0.2) is 40.6 Å². The van der Waals surface area contributed by atoms with E-state index in [0.717, 1.165) is 38.8 Å². The highest BCUT2D eigenvalue weighted by atomic mass is 16.3. The van der Waals surface area contributed by atoms with Crippen LogP contribution in [0.1, 0.15) is 39.0 Å². The highest BCUT2D eigenvalue weighted by molar-refractivity contribution is 5.79. The molecule has 0 aromatic carbocycles. The molecule has 2 fully saturated rings. The number of likely N-dealkylation sites (tertiary alicyclic amines) is 1. The Labute approximate surface area is 96.8 Å². The molecule has 3 N–H and O–H groups in total. The van der Waals surface area contributed by atoms with Crippen LogP contribution >= 0.6 is 0 Å². The normalized spacial score (nSPS) is 37.8. The van der Waals surface area contributed by atoms with Gasteiger partial charge in [0, 0.05) is 19.0 Å². The molecule has 1 aliphatic carbocycles. The maximum Gasteiger partial charge on any atom is 0.234 e. The molecule has 2 rings (SSSR count). The summed E-state index contributed by atoms with van der Waals surface area (Å²) in [6, 6.07) is -0.202. The summed E-state index contributed by atoms with van der Waals surface area (Å²) in [5, 5.41) is 10.5. The van der Waals surface area contributed by atoms with Crippen LogP contribution < -0.4 is 5.73 Å². The van der Waals surface area contributed by atoms with Crippen molar-refractivity contribution in [3.05, 3.63) is 0 Å². The molecular weight excluding hydrogens is 204 g/mol. The van der Waals surface area contributed by atoms with Crippen LogP contribution in [0.15, 0.2) is 0 Å². The summed E-state index contributed by atoms with van der Waals surface area (Å²) >= 11 is 0. The van der Waals surface area contributed by atoms with Crippen molar-refractivity contribution in [2.24, 2.45) is 11.7 Å². The van der Waals surface area contributed by atoms with Gasteiger partial charge >= 0.3 is 0 Å². The third kappa shape index (κ3) is 2.09. The second-order valence-corrected chi connectivity index (χ2v) is 5.37. The van der Waals surface area contributed by atoms with Gasteiger partial charge in [-0.15, -0.1) is 0 Å². The maximum atomic E-state index is 11.2. The Kier molecular flexibility index (Phi) is 3.22. The molecule has 0 aromatic rings. The standard InChI is InChI=1S/C12H22N2O2/c1-9(11(13)15)14-7-6-12(16)5-3-2-4-10(12)8-14/h9-10,16H,2-8H2,1H3,(H2,13,15). The predicted molar refractivity (Wildman–Crippen MR) is 61.8 cm³/mol. The zero-order valence-corrected chi connectivity index (χ0v) is 9.98. The molecule has 1 heterocycles. The number of carbonyl (C=O) groups is 1. The SMILES string of the molecule is CC(C(N)=O)N1CCC2(O)CCCCC2C1. The molecular formula is C12H22N2O2. The topological polar surface area (TPSA) is 66.6 Å². The number of nitrogens with zero attached hydrogens (tertiary/aromatic N) is 1. The number of rotatable bonds is 2. The lowest BCUT2D eigenvalue weighted by Gasteiger charge is -2.48. The first-order valence-electron chi connectivity index (χ1n) is 6.29. The van der Waals surface area contributed by atoms with Gasteiger partial charge < -0.3 is 10.8 Å². The number of piperidine rings is 1. The van der Waals surface area contributed by atoms with E-state index in [1.54, 1.807) is 0 Å². The Morgan fingerprint density at radius 1 is 1.50 bits per heavy atom. The lowest BCUT2D eigenvalue weighted by Crippen LogP contribution is -2.57. The van der Waals surface area contributed by atoms with Gasteiger partial charge in [0.05, 0.1) is 11.6 Å². The van der Waals surface area contributed by atoms with Crippen LogP contribution in [0.4, 0.5) is 0 Å². The highest BCUT2D eigenvalue weighted by Crippen LogP contribution is 2.40. The molecule has 1 amide bonds. The van der Waals surface area contributed by atoms with Crippen molar-refractivity contribution >= 4 is 5.91 Å². The number of aliphatic hydroxyl groups is 1. The summed E-state index contributed by atoms with van der Waals surface area (Å²) in [5.41, 5.74) is 4.86. The molecule has 16 heavy (non-hydrogen) atoms. The second-order valence-electron chi connectivity index (χ2n) is 5.37. The summed E-state index contributed by atoms with van der Waals surface area (Å²) in [6.45, 7) is 3.47. The smallest absolute Gasteiger partial charge is 0.234 e. The zero-order valence-electron chi connectivity index (χ0n) is 9.98. The Morgan fingerprint density at radius 2 is 2.25 bits per heavy atom. The van der Waals surface area contributed by atoms with E-state index in [2.05, 4.69) is 4.90 Å². The van der Waals surface area contributed by atoms with Gasteiger partial charge in [-0.3, -0.25) is 9.69 Å². The maximum absolute atomic E-state index is 11.2. The molecule has 1 saturated heterocycles. The van der Waals surface area contributed by atoms with Crippen LogP contribution in [0, 0.1) is 5.92 Å². The van der Waals surface area contributed by atoms with E-state index < -0.39 is 5.60 Å². The van der Waals surface area contributed by atoms with Gasteiger partial charge in [0.2, 0.25) is 5.91 Å². The first-order valence-corrected chi connectivity index (χ1v) is 6.29. The fraction of sp³-hybridized carbons (Fsp3) is 0.917.